The Morgan fingerprint density at radius 1 is 1.00 bits per heavy atom. The Morgan fingerprint density at radius 3 is 2.42 bits per heavy atom. The van der Waals surface area contributed by atoms with Gasteiger partial charge in [0.1, 0.15) is 5.76 Å². The average molecular weight is 348 g/mol. The first-order valence-electron chi connectivity index (χ1n) is 8.75. The van der Waals surface area contributed by atoms with Crippen molar-refractivity contribution in [2.75, 3.05) is 20.6 Å². The van der Waals surface area contributed by atoms with E-state index in [1.165, 1.54) is 5.56 Å². The number of hydrogen-bond acceptors (Lipinski definition) is 3. The molecule has 1 atom stereocenters. The second kappa shape index (κ2) is 8.50. The van der Waals surface area contributed by atoms with Gasteiger partial charge < -0.3 is 9.73 Å². The Hall–Kier alpha value is -2.85. The number of rotatable bonds is 7. The van der Waals surface area contributed by atoms with Gasteiger partial charge in [0.2, 0.25) is 0 Å². The number of furan rings is 1. The summed E-state index contributed by atoms with van der Waals surface area (Å²) < 4.78 is 5.50. The van der Waals surface area contributed by atoms with Gasteiger partial charge in [0.05, 0.1) is 12.3 Å². The van der Waals surface area contributed by atoms with E-state index in [-0.39, 0.29) is 11.9 Å². The van der Waals surface area contributed by atoms with Crippen LogP contribution in [-0.2, 0) is 6.42 Å². The lowest BCUT2D eigenvalue weighted by atomic mass is 9.99. The molecular formula is C22H24N2O2. The van der Waals surface area contributed by atoms with Crippen LogP contribution in [0.1, 0.15) is 33.3 Å². The van der Waals surface area contributed by atoms with Crippen molar-refractivity contribution in [1.82, 2.24) is 10.2 Å². The van der Waals surface area contributed by atoms with Gasteiger partial charge in [0.25, 0.3) is 5.91 Å². The molecule has 0 aliphatic carbocycles. The van der Waals surface area contributed by atoms with E-state index < -0.39 is 0 Å². The van der Waals surface area contributed by atoms with E-state index in [4.69, 9.17) is 4.42 Å². The largest absolute Gasteiger partial charge is 0.468 e. The van der Waals surface area contributed by atoms with Crippen molar-refractivity contribution in [2.24, 2.45) is 0 Å². The summed E-state index contributed by atoms with van der Waals surface area (Å²) in [4.78, 5) is 14.8. The highest BCUT2D eigenvalue weighted by Gasteiger charge is 2.19. The summed E-state index contributed by atoms with van der Waals surface area (Å²) in [5.74, 6) is 0.780. The molecule has 2 aromatic carbocycles. The number of likely N-dealkylation sites (N-methyl/N-ethyl adjacent to an activating group) is 1. The predicted molar refractivity (Wildman–Crippen MR) is 103 cm³/mol. The van der Waals surface area contributed by atoms with Crippen molar-refractivity contribution in [3.8, 4) is 0 Å². The zero-order valence-electron chi connectivity index (χ0n) is 15.2. The maximum atomic E-state index is 12.8. The molecule has 0 spiro atoms. The summed E-state index contributed by atoms with van der Waals surface area (Å²) in [6.45, 7) is 0.485. The van der Waals surface area contributed by atoms with Crippen LogP contribution >= 0.6 is 0 Å². The molecule has 1 aromatic heterocycles. The molecule has 0 bridgehead atoms. The van der Waals surface area contributed by atoms with Gasteiger partial charge in [-0.25, -0.2) is 0 Å². The first-order valence-corrected chi connectivity index (χ1v) is 8.75. The highest BCUT2D eigenvalue weighted by molar-refractivity contribution is 5.95. The van der Waals surface area contributed by atoms with Crippen molar-refractivity contribution in [3.05, 3.63) is 95.4 Å². The molecule has 4 heteroatoms. The first kappa shape index (κ1) is 18.0. The molecule has 0 unspecified atom stereocenters. The average Bonchev–Trinajstić information content (AvgIpc) is 3.17. The molecule has 1 amide bonds. The van der Waals surface area contributed by atoms with E-state index in [1.54, 1.807) is 6.26 Å². The van der Waals surface area contributed by atoms with Crippen molar-refractivity contribution >= 4 is 5.91 Å². The van der Waals surface area contributed by atoms with Crippen molar-refractivity contribution in [3.63, 3.8) is 0 Å². The summed E-state index contributed by atoms with van der Waals surface area (Å²) >= 11 is 0. The molecule has 3 aromatic rings. The van der Waals surface area contributed by atoms with Crippen LogP contribution in [0.15, 0.2) is 77.4 Å². The molecule has 1 N–H and O–H groups in total. The normalized spacial score (nSPS) is 12.1. The van der Waals surface area contributed by atoms with Crippen molar-refractivity contribution < 1.29 is 9.21 Å². The summed E-state index contributed by atoms with van der Waals surface area (Å²) in [6, 6.07) is 21.7. The number of benzene rings is 2. The fourth-order valence-electron chi connectivity index (χ4n) is 3.01. The maximum absolute atomic E-state index is 12.8. The van der Waals surface area contributed by atoms with Gasteiger partial charge in [-0.2, -0.15) is 0 Å². The molecule has 0 saturated heterocycles. The zero-order chi connectivity index (χ0) is 18.4. The smallest absolute Gasteiger partial charge is 0.251 e. The van der Waals surface area contributed by atoms with Crippen LogP contribution in [0.3, 0.4) is 0 Å². The van der Waals surface area contributed by atoms with Gasteiger partial charge in [-0.15, -0.1) is 0 Å². The highest BCUT2D eigenvalue weighted by Crippen LogP contribution is 2.19. The third kappa shape index (κ3) is 4.41. The molecule has 4 nitrogen and oxygen atoms in total. The summed E-state index contributed by atoms with van der Waals surface area (Å²) in [5, 5.41) is 3.05. The fraction of sp³-hybridized carbons (Fsp3) is 0.227. The van der Waals surface area contributed by atoms with Gasteiger partial charge in [-0.1, -0.05) is 48.5 Å². The van der Waals surface area contributed by atoms with Gasteiger partial charge in [-0.05, 0) is 49.8 Å². The Morgan fingerprint density at radius 2 is 1.73 bits per heavy atom. The predicted octanol–water partition coefficient (Wildman–Crippen LogP) is 3.90. The zero-order valence-corrected chi connectivity index (χ0v) is 15.2. The fourth-order valence-corrected chi connectivity index (χ4v) is 3.01. The van der Waals surface area contributed by atoms with Crippen LogP contribution < -0.4 is 5.32 Å². The first-order chi connectivity index (χ1) is 12.6. The maximum Gasteiger partial charge on any atom is 0.251 e. The Labute approximate surface area is 154 Å². The van der Waals surface area contributed by atoms with Gasteiger partial charge in [0.15, 0.2) is 0 Å². The van der Waals surface area contributed by atoms with E-state index in [0.29, 0.717) is 12.1 Å². The van der Waals surface area contributed by atoms with Crippen LogP contribution in [-0.4, -0.2) is 31.4 Å². The summed E-state index contributed by atoms with van der Waals surface area (Å²) in [5.41, 5.74) is 2.93. The van der Waals surface area contributed by atoms with E-state index in [1.807, 2.05) is 73.6 Å². The Kier molecular flexibility index (Phi) is 5.87. The molecule has 0 saturated carbocycles. The number of amides is 1. The summed E-state index contributed by atoms with van der Waals surface area (Å²) in [7, 11) is 3.95. The molecule has 3 rings (SSSR count). The number of nitrogens with one attached hydrogen (secondary N) is 1. The van der Waals surface area contributed by atoms with E-state index in [2.05, 4.69) is 17.4 Å². The van der Waals surface area contributed by atoms with Gasteiger partial charge in [-0.3, -0.25) is 9.69 Å². The minimum Gasteiger partial charge on any atom is -0.468 e. The molecule has 0 fully saturated rings. The summed E-state index contributed by atoms with van der Waals surface area (Å²) in [6.07, 6.45) is 2.39. The second-order valence-corrected chi connectivity index (χ2v) is 6.52. The monoisotopic (exact) mass is 348 g/mol. The molecule has 1 heterocycles. The topological polar surface area (TPSA) is 45.5 Å². The quantitative estimate of drug-likeness (QED) is 0.704. The van der Waals surface area contributed by atoms with E-state index in [0.717, 1.165) is 17.7 Å². The molecule has 134 valence electrons. The number of nitrogens with zero attached hydrogens (tertiary/aromatic N) is 1. The van der Waals surface area contributed by atoms with Crippen molar-refractivity contribution in [2.45, 2.75) is 12.5 Å². The van der Waals surface area contributed by atoms with Gasteiger partial charge in [0, 0.05) is 12.1 Å². The third-order valence-corrected chi connectivity index (χ3v) is 4.45. The number of carbonyl (C=O) groups excluding carboxylic acids is 1. The number of carbonyl (C=O) groups is 1. The minimum absolute atomic E-state index is 0.00441. The van der Waals surface area contributed by atoms with Crippen LogP contribution in [0.4, 0.5) is 0 Å². The molecule has 0 radical (unpaired) electrons. The highest BCUT2D eigenvalue weighted by atomic mass is 16.3. The molecule has 0 aliphatic rings. The van der Waals surface area contributed by atoms with E-state index >= 15 is 0 Å². The lowest BCUT2D eigenvalue weighted by Gasteiger charge is -2.23. The van der Waals surface area contributed by atoms with Crippen LogP contribution in [0.2, 0.25) is 0 Å². The lowest BCUT2D eigenvalue weighted by Crippen LogP contribution is -2.34. The molecule has 0 aliphatic heterocycles. The minimum atomic E-state index is -0.0602. The number of hydrogen-bond donors (Lipinski definition) is 1. The van der Waals surface area contributed by atoms with Crippen LogP contribution in [0, 0.1) is 0 Å². The van der Waals surface area contributed by atoms with E-state index in [9.17, 15) is 4.79 Å². The van der Waals surface area contributed by atoms with Crippen LogP contribution in [0.25, 0.3) is 0 Å². The van der Waals surface area contributed by atoms with Crippen LogP contribution in [0.5, 0.6) is 0 Å². The third-order valence-electron chi connectivity index (χ3n) is 4.45. The Balaban J connectivity index is 1.72. The Bertz CT molecular complexity index is 826. The van der Waals surface area contributed by atoms with Gasteiger partial charge >= 0.3 is 0 Å². The molecule has 26 heavy (non-hydrogen) atoms. The molecular weight excluding hydrogens is 324 g/mol. The lowest BCUT2D eigenvalue weighted by molar-refractivity contribution is 0.0938. The standard InChI is InChI=1S/C22H24N2O2/c1-24(2)20(21-13-8-14-26-21)16-23-22(25)19-12-7-6-11-18(19)15-17-9-4-3-5-10-17/h3-14,20H,15-16H2,1-2H3,(H,23,25)/t20-/m1/s1. The second-order valence-electron chi connectivity index (χ2n) is 6.52. The SMILES string of the molecule is CN(C)[C@H](CNC(=O)c1ccccc1Cc1ccccc1)c1ccco1. The van der Waals surface area contributed by atoms with Crippen molar-refractivity contribution in [1.29, 1.82) is 0 Å².